The van der Waals surface area contributed by atoms with Gasteiger partial charge in [0.05, 0.1) is 13.2 Å². The zero-order valence-corrected chi connectivity index (χ0v) is 9.99. The molecule has 1 heterocycles. The number of nitrogens with zero attached hydrogens (tertiary/aromatic N) is 2. The molecule has 15 heavy (non-hydrogen) atoms. The molecule has 86 valence electrons. The quantitative estimate of drug-likeness (QED) is 0.702. The summed E-state index contributed by atoms with van der Waals surface area (Å²) in [5.74, 6) is 0.780. The van der Waals surface area contributed by atoms with Gasteiger partial charge >= 0.3 is 7.60 Å². The first-order chi connectivity index (χ1) is 7.09. The van der Waals surface area contributed by atoms with Crippen molar-refractivity contribution >= 4 is 7.60 Å². The Morgan fingerprint density at radius 2 is 1.93 bits per heavy atom. The number of rotatable bonds is 6. The Bertz CT molecular complexity index is 342. The van der Waals surface area contributed by atoms with Crippen molar-refractivity contribution in [1.82, 2.24) is 10.1 Å². The van der Waals surface area contributed by atoms with Gasteiger partial charge in [-0.1, -0.05) is 5.16 Å². The average molecular weight is 234 g/mol. The number of aryl methyl sites for hydroxylation is 1. The maximum atomic E-state index is 12.0. The Morgan fingerprint density at radius 1 is 1.33 bits per heavy atom. The molecule has 0 aromatic carbocycles. The van der Waals surface area contributed by atoms with Crippen molar-refractivity contribution in [2.75, 3.05) is 13.2 Å². The molecule has 0 amide bonds. The highest BCUT2D eigenvalue weighted by atomic mass is 31.2. The van der Waals surface area contributed by atoms with E-state index < -0.39 is 7.60 Å². The predicted octanol–water partition coefficient (Wildman–Crippen LogP) is 2.14. The van der Waals surface area contributed by atoms with E-state index in [0.29, 0.717) is 19.0 Å². The van der Waals surface area contributed by atoms with E-state index in [4.69, 9.17) is 13.6 Å². The van der Waals surface area contributed by atoms with E-state index >= 15 is 0 Å². The van der Waals surface area contributed by atoms with Crippen LogP contribution in [0.25, 0.3) is 0 Å². The van der Waals surface area contributed by atoms with Crippen LogP contribution in [-0.4, -0.2) is 23.4 Å². The molecule has 6 nitrogen and oxygen atoms in total. The van der Waals surface area contributed by atoms with Crippen LogP contribution in [0.5, 0.6) is 0 Å². The Hall–Kier alpha value is -0.710. The second-order valence-corrected chi connectivity index (χ2v) is 4.89. The van der Waals surface area contributed by atoms with Crippen molar-refractivity contribution in [3.8, 4) is 0 Å². The Kier molecular flexibility index (Phi) is 4.45. The van der Waals surface area contributed by atoms with Gasteiger partial charge in [0.15, 0.2) is 5.82 Å². The SMILES string of the molecule is CCOP(=O)(Cc1nc(C)no1)OCC. The fraction of sp³-hybridized carbons (Fsp3) is 0.750. The van der Waals surface area contributed by atoms with Gasteiger partial charge in [-0.15, -0.1) is 0 Å². The summed E-state index contributed by atoms with van der Waals surface area (Å²) in [6.07, 6.45) is 0.0233. The van der Waals surface area contributed by atoms with Crippen molar-refractivity contribution in [3.63, 3.8) is 0 Å². The molecule has 1 aromatic heterocycles. The number of aromatic nitrogens is 2. The van der Waals surface area contributed by atoms with Crippen LogP contribution in [-0.2, 0) is 19.8 Å². The summed E-state index contributed by atoms with van der Waals surface area (Å²) in [5, 5.41) is 3.60. The molecule has 0 bridgehead atoms. The third-order valence-corrected chi connectivity index (χ3v) is 3.51. The van der Waals surface area contributed by atoms with Gasteiger partial charge in [-0.2, -0.15) is 4.98 Å². The maximum Gasteiger partial charge on any atom is 0.340 e. The number of hydrogen-bond acceptors (Lipinski definition) is 6. The molecule has 1 rings (SSSR count). The van der Waals surface area contributed by atoms with Gasteiger partial charge in [-0.25, -0.2) is 0 Å². The van der Waals surface area contributed by atoms with Crippen molar-refractivity contribution in [2.24, 2.45) is 0 Å². The first-order valence-electron chi connectivity index (χ1n) is 4.77. The van der Waals surface area contributed by atoms with Crippen molar-refractivity contribution in [2.45, 2.75) is 26.9 Å². The van der Waals surface area contributed by atoms with Gasteiger partial charge in [-0.3, -0.25) is 4.57 Å². The average Bonchev–Trinajstić information content (AvgIpc) is 2.51. The molecule has 0 fully saturated rings. The topological polar surface area (TPSA) is 74.5 Å². The first-order valence-corrected chi connectivity index (χ1v) is 6.49. The molecule has 0 unspecified atom stereocenters. The van der Waals surface area contributed by atoms with Crippen molar-refractivity contribution in [3.05, 3.63) is 11.7 Å². The summed E-state index contributed by atoms with van der Waals surface area (Å²) in [4.78, 5) is 3.95. The highest BCUT2D eigenvalue weighted by Crippen LogP contribution is 2.50. The maximum absolute atomic E-state index is 12.0. The minimum absolute atomic E-state index is 0.0233. The second-order valence-electron chi connectivity index (χ2n) is 2.84. The normalized spacial score (nSPS) is 11.9. The Labute approximate surface area is 88.5 Å². The van der Waals surface area contributed by atoms with Crippen molar-refractivity contribution < 1.29 is 18.1 Å². The third-order valence-electron chi connectivity index (χ3n) is 1.55. The van der Waals surface area contributed by atoms with Crippen LogP contribution in [0, 0.1) is 6.92 Å². The lowest BCUT2D eigenvalue weighted by molar-refractivity contribution is 0.215. The molecule has 0 aliphatic carbocycles. The zero-order chi connectivity index (χ0) is 11.3. The monoisotopic (exact) mass is 234 g/mol. The molecule has 0 atom stereocenters. The lowest BCUT2D eigenvalue weighted by Gasteiger charge is -2.14. The Morgan fingerprint density at radius 3 is 2.33 bits per heavy atom. The lowest BCUT2D eigenvalue weighted by Crippen LogP contribution is -1.99. The van der Waals surface area contributed by atoms with Gasteiger partial charge in [0.1, 0.15) is 6.16 Å². The smallest absolute Gasteiger partial charge is 0.339 e. The van der Waals surface area contributed by atoms with Gasteiger partial charge < -0.3 is 13.6 Å². The van der Waals surface area contributed by atoms with E-state index in [9.17, 15) is 4.57 Å². The summed E-state index contributed by atoms with van der Waals surface area (Å²) in [6, 6.07) is 0. The van der Waals surface area contributed by atoms with Gasteiger partial charge in [0.25, 0.3) is 0 Å². The van der Waals surface area contributed by atoms with Crippen LogP contribution < -0.4 is 0 Å². The van der Waals surface area contributed by atoms with Crippen LogP contribution in [0.2, 0.25) is 0 Å². The summed E-state index contributed by atoms with van der Waals surface area (Å²) in [6.45, 7) is 5.85. The molecular formula is C8H15N2O4P. The van der Waals surface area contributed by atoms with Gasteiger partial charge in [0.2, 0.25) is 5.89 Å². The van der Waals surface area contributed by atoms with Gasteiger partial charge in [-0.05, 0) is 20.8 Å². The highest BCUT2D eigenvalue weighted by Gasteiger charge is 2.27. The largest absolute Gasteiger partial charge is 0.340 e. The van der Waals surface area contributed by atoms with E-state index in [1.807, 2.05) is 0 Å². The summed E-state index contributed by atoms with van der Waals surface area (Å²) < 4.78 is 27.1. The van der Waals surface area contributed by atoms with Crippen LogP contribution >= 0.6 is 7.60 Å². The molecule has 0 spiro atoms. The molecule has 1 aromatic rings. The van der Waals surface area contributed by atoms with Gasteiger partial charge in [0, 0.05) is 0 Å². The minimum Gasteiger partial charge on any atom is -0.339 e. The fourth-order valence-electron chi connectivity index (χ4n) is 1.09. The minimum atomic E-state index is -3.12. The van der Waals surface area contributed by atoms with E-state index in [-0.39, 0.29) is 12.1 Å². The Balaban J connectivity index is 2.70. The third kappa shape index (κ3) is 3.74. The molecule has 0 aliphatic heterocycles. The first kappa shape index (κ1) is 12.4. The predicted molar refractivity (Wildman–Crippen MR) is 53.6 cm³/mol. The van der Waals surface area contributed by atoms with Crippen molar-refractivity contribution in [1.29, 1.82) is 0 Å². The summed E-state index contributed by atoms with van der Waals surface area (Å²) in [5.41, 5.74) is 0. The van der Waals surface area contributed by atoms with E-state index in [1.54, 1.807) is 20.8 Å². The summed E-state index contributed by atoms with van der Waals surface area (Å²) in [7, 11) is -3.12. The molecule has 0 aliphatic rings. The standard InChI is InChI=1S/C8H15N2O4P/c1-4-12-15(11,13-5-2)6-8-9-7(3)10-14-8/h4-6H2,1-3H3. The molecule has 0 saturated heterocycles. The molecule has 0 saturated carbocycles. The van der Waals surface area contributed by atoms with Crippen LogP contribution in [0.3, 0.4) is 0 Å². The zero-order valence-electron chi connectivity index (χ0n) is 9.10. The van der Waals surface area contributed by atoms with E-state index in [2.05, 4.69) is 10.1 Å². The fourth-order valence-corrected chi connectivity index (χ4v) is 2.60. The molecule has 7 heteroatoms. The molecule has 0 radical (unpaired) electrons. The van der Waals surface area contributed by atoms with E-state index in [0.717, 1.165) is 0 Å². The number of hydrogen-bond donors (Lipinski definition) is 0. The van der Waals surface area contributed by atoms with E-state index in [1.165, 1.54) is 0 Å². The lowest BCUT2D eigenvalue weighted by atomic mass is 10.7. The van der Waals surface area contributed by atoms with Crippen LogP contribution in [0.15, 0.2) is 4.52 Å². The highest BCUT2D eigenvalue weighted by molar-refractivity contribution is 7.52. The van der Waals surface area contributed by atoms with Crippen LogP contribution in [0.1, 0.15) is 25.6 Å². The summed E-state index contributed by atoms with van der Waals surface area (Å²) >= 11 is 0. The second kappa shape index (κ2) is 5.39. The van der Waals surface area contributed by atoms with Crippen LogP contribution in [0.4, 0.5) is 0 Å². The molecular weight excluding hydrogens is 219 g/mol. The molecule has 0 N–H and O–H groups in total.